The number of hydrogen-bond donors (Lipinski definition) is 1. The first-order valence-electron chi connectivity index (χ1n) is 7.83. The van der Waals surface area contributed by atoms with Crippen LogP contribution in [0.5, 0.6) is 5.75 Å². The van der Waals surface area contributed by atoms with Gasteiger partial charge in [0.1, 0.15) is 11.6 Å². The summed E-state index contributed by atoms with van der Waals surface area (Å²) in [4.78, 5) is 16.5. The van der Waals surface area contributed by atoms with Gasteiger partial charge in [-0.15, -0.1) is 0 Å². The van der Waals surface area contributed by atoms with Crippen molar-refractivity contribution in [3.05, 3.63) is 59.2 Å². The Bertz CT molecular complexity index is 985. The number of halogens is 3. The Kier molecular flexibility index (Phi) is 4.83. The number of carbonyl (C=O) groups is 1. The van der Waals surface area contributed by atoms with E-state index >= 15 is 0 Å². The van der Waals surface area contributed by atoms with Gasteiger partial charge in [0, 0.05) is 26.1 Å². The molecule has 0 radical (unpaired) electrons. The van der Waals surface area contributed by atoms with Gasteiger partial charge in [-0.2, -0.15) is 0 Å². The van der Waals surface area contributed by atoms with Gasteiger partial charge < -0.3 is 14.6 Å². The van der Waals surface area contributed by atoms with Gasteiger partial charge in [-0.25, -0.2) is 18.2 Å². The van der Waals surface area contributed by atoms with E-state index in [1.165, 1.54) is 0 Å². The molecular weight excluding hydrogens is 347 g/mol. The highest BCUT2D eigenvalue weighted by molar-refractivity contribution is 5.94. The number of amides is 1. The van der Waals surface area contributed by atoms with E-state index in [1.54, 1.807) is 13.2 Å². The highest BCUT2D eigenvalue weighted by atomic mass is 19.2. The van der Waals surface area contributed by atoms with E-state index in [1.807, 2.05) is 23.7 Å². The predicted molar refractivity (Wildman–Crippen MR) is 89.6 cm³/mol. The number of carbonyl (C=O) groups excluding carboxylic acids is 1. The molecule has 0 aliphatic heterocycles. The fourth-order valence-electron chi connectivity index (χ4n) is 2.66. The molecule has 1 N–H and O–H groups in total. The zero-order valence-corrected chi connectivity index (χ0v) is 14.1. The van der Waals surface area contributed by atoms with Crippen molar-refractivity contribution in [2.75, 3.05) is 13.7 Å². The summed E-state index contributed by atoms with van der Waals surface area (Å²) in [7, 11) is 3.41. The first kappa shape index (κ1) is 17.8. The Balaban J connectivity index is 1.70. The van der Waals surface area contributed by atoms with Crippen molar-refractivity contribution in [1.29, 1.82) is 0 Å². The smallest absolute Gasteiger partial charge is 0.254 e. The minimum absolute atomic E-state index is 0.158. The Morgan fingerprint density at radius 1 is 1.19 bits per heavy atom. The average Bonchev–Trinajstić information content (AvgIpc) is 2.95. The molecule has 1 aromatic heterocycles. The molecule has 136 valence electrons. The minimum Gasteiger partial charge on any atom is -0.497 e. The maximum atomic E-state index is 13.6. The number of hydrogen-bond acceptors (Lipinski definition) is 3. The molecule has 0 saturated heterocycles. The highest BCUT2D eigenvalue weighted by Crippen LogP contribution is 2.21. The van der Waals surface area contributed by atoms with Crippen molar-refractivity contribution in [1.82, 2.24) is 14.9 Å². The van der Waals surface area contributed by atoms with Crippen molar-refractivity contribution in [2.24, 2.45) is 7.05 Å². The maximum Gasteiger partial charge on any atom is 0.254 e. The third kappa shape index (κ3) is 3.22. The van der Waals surface area contributed by atoms with Crippen LogP contribution >= 0.6 is 0 Å². The number of nitrogens with zero attached hydrogens (tertiary/aromatic N) is 2. The molecule has 0 saturated carbocycles. The lowest BCUT2D eigenvalue weighted by Crippen LogP contribution is -2.27. The molecule has 0 atom stereocenters. The fourth-order valence-corrected chi connectivity index (χ4v) is 2.66. The Hall–Kier alpha value is -3.03. The number of nitrogens with one attached hydrogen (secondary N) is 1. The van der Waals surface area contributed by atoms with Crippen molar-refractivity contribution in [2.45, 2.75) is 6.42 Å². The molecular formula is C18H16F3N3O2. The Morgan fingerprint density at radius 3 is 2.69 bits per heavy atom. The van der Waals surface area contributed by atoms with Crippen LogP contribution < -0.4 is 10.1 Å². The van der Waals surface area contributed by atoms with E-state index in [-0.39, 0.29) is 6.54 Å². The predicted octanol–water partition coefficient (Wildman–Crippen LogP) is 2.97. The summed E-state index contributed by atoms with van der Waals surface area (Å²) in [5.74, 6) is -3.93. The van der Waals surface area contributed by atoms with Crippen LogP contribution in [0.4, 0.5) is 13.2 Å². The number of aromatic nitrogens is 2. The molecule has 0 aliphatic carbocycles. The third-order valence-electron chi connectivity index (χ3n) is 4.09. The number of imidazole rings is 1. The summed E-state index contributed by atoms with van der Waals surface area (Å²) in [6.45, 7) is 0.158. The lowest BCUT2D eigenvalue weighted by atomic mass is 10.2. The highest BCUT2D eigenvalue weighted by Gasteiger charge is 2.18. The molecule has 1 heterocycles. The summed E-state index contributed by atoms with van der Waals surface area (Å²) in [5, 5.41) is 2.48. The van der Waals surface area contributed by atoms with Crippen molar-refractivity contribution in [3.8, 4) is 5.75 Å². The van der Waals surface area contributed by atoms with Gasteiger partial charge >= 0.3 is 0 Å². The molecule has 1 amide bonds. The van der Waals surface area contributed by atoms with Crippen LogP contribution in [0.25, 0.3) is 11.0 Å². The molecule has 8 heteroatoms. The van der Waals surface area contributed by atoms with Crippen LogP contribution in [-0.4, -0.2) is 29.1 Å². The summed E-state index contributed by atoms with van der Waals surface area (Å²) >= 11 is 0. The van der Waals surface area contributed by atoms with Crippen molar-refractivity contribution < 1.29 is 22.7 Å². The molecule has 3 aromatic rings. The molecule has 2 aromatic carbocycles. The molecule has 5 nitrogen and oxygen atoms in total. The van der Waals surface area contributed by atoms with E-state index < -0.39 is 28.9 Å². The zero-order chi connectivity index (χ0) is 18.8. The molecule has 0 unspecified atom stereocenters. The van der Waals surface area contributed by atoms with Crippen LogP contribution in [-0.2, 0) is 13.5 Å². The molecule has 0 bridgehead atoms. The second-order valence-corrected chi connectivity index (χ2v) is 5.67. The van der Waals surface area contributed by atoms with Gasteiger partial charge in [0.15, 0.2) is 17.5 Å². The van der Waals surface area contributed by atoms with E-state index in [0.29, 0.717) is 24.1 Å². The van der Waals surface area contributed by atoms with E-state index in [4.69, 9.17) is 4.74 Å². The normalized spacial score (nSPS) is 11.0. The second-order valence-electron chi connectivity index (χ2n) is 5.67. The van der Waals surface area contributed by atoms with Crippen LogP contribution in [0.1, 0.15) is 16.2 Å². The van der Waals surface area contributed by atoms with Crippen LogP contribution in [0.15, 0.2) is 30.3 Å². The Morgan fingerprint density at radius 2 is 1.96 bits per heavy atom. The van der Waals surface area contributed by atoms with Gasteiger partial charge in [-0.1, -0.05) is 0 Å². The number of benzene rings is 2. The summed E-state index contributed by atoms with van der Waals surface area (Å²) in [6, 6.07) is 7.12. The number of methoxy groups -OCH3 is 1. The fraction of sp³-hybridized carbons (Fsp3) is 0.222. The topological polar surface area (TPSA) is 56.1 Å². The first-order chi connectivity index (χ1) is 12.4. The van der Waals surface area contributed by atoms with Gasteiger partial charge in [-0.05, 0) is 24.3 Å². The van der Waals surface area contributed by atoms with Crippen LogP contribution in [0.2, 0.25) is 0 Å². The van der Waals surface area contributed by atoms with Gasteiger partial charge in [0.05, 0.1) is 23.7 Å². The standard InChI is InChI=1S/C18H16F3N3O2/c1-24-14-6-3-10(26-2)9-13(14)23-15(24)7-8-22-18(25)11-4-5-12(19)17(21)16(11)20/h3-6,9H,7-8H2,1-2H3,(H,22,25). The number of fused-ring (bicyclic) bond motifs is 1. The van der Waals surface area contributed by atoms with Crippen molar-refractivity contribution >= 4 is 16.9 Å². The molecule has 0 fully saturated rings. The molecule has 0 spiro atoms. The summed E-state index contributed by atoms with van der Waals surface area (Å²) in [5.41, 5.74) is 1.11. The second kappa shape index (κ2) is 7.07. The van der Waals surface area contributed by atoms with E-state index in [0.717, 1.165) is 17.1 Å². The van der Waals surface area contributed by atoms with E-state index in [2.05, 4.69) is 10.3 Å². The number of ether oxygens (including phenoxy) is 1. The van der Waals surface area contributed by atoms with Crippen LogP contribution in [0, 0.1) is 17.5 Å². The quantitative estimate of drug-likeness (QED) is 0.709. The summed E-state index contributed by atoms with van der Waals surface area (Å²) < 4.78 is 46.8. The van der Waals surface area contributed by atoms with E-state index in [9.17, 15) is 18.0 Å². The lowest BCUT2D eigenvalue weighted by Gasteiger charge is -2.07. The lowest BCUT2D eigenvalue weighted by molar-refractivity contribution is 0.0948. The molecule has 26 heavy (non-hydrogen) atoms. The summed E-state index contributed by atoms with van der Waals surface area (Å²) in [6.07, 6.45) is 0.379. The SMILES string of the molecule is COc1ccc2c(c1)nc(CCNC(=O)c1ccc(F)c(F)c1F)n2C. The Labute approximate surface area is 147 Å². The monoisotopic (exact) mass is 363 g/mol. The van der Waals surface area contributed by atoms with Crippen molar-refractivity contribution in [3.63, 3.8) is 0 Å². The van der Waals surface area contributed by atoms with Gasteiger partial charge in [-0.3, -0.25) is 4.79 Å². The third-order valence-corrected chi connectivity index (χ3v) is 4.09. The number of aryl methyl sites for hydroxylation is 1. The molecule has 3 rings (SSSR count). The maximum absolute atomic E-state index is 13.6. The first-order valence-corrected chi connectivity index (χ1v) is 7.83. The zero-order valence-electron chi connectivity index (χ0n) is 14.1. The molecule has 0 aliphatic rings. The van der Waals surface area contributed by atoms with Gasteiger partial charge in [0.25, 0.3) is 5.91 Å². The average molecular weight is 363 g/mol. The van der Waals surface area contributed by atoms with Crippen LogP contribution in [0.3, 0.4) is 0 Å². The number of rotatable bonds is 5. The van der Waals surface area contributed by atoms with Gasteiger partial charge in [0.2, 0.25) is 0 Å². The minimum atomic E-state index is -1.66. The largest absolute Gasteiger partial charge is 0.497 e.